The highest BCUT2D eigenvalue weighted by molar-refractivity contribution is 5.79. The SMILES string of the molecule is COCc1nc(Cn2cnc(-c3ccccc3)c2-c2cc(C)cc(C)c2)no1. The van der Waals surface area contributed by atoms with Crippen LogP contribution in [0.25, 0.3) is 22.5 Å². The Labute approximate surface area is 163 Å². The maximum atomic E-state index is 5.23. The minimum atomic E-state index is 0.302. The third kappa shape index (κ3) is 3.73. The van der Waals surface area contributed by atoms with Crippen molar-refractivity contribution in [2.45, 2.75) is 27.0 Å². The molecule has 6 nitrogen and oxygen atoms in total. The maximum Gasteiger partial charge on any atom is 0.252 e. The van der Waals surface area contributed by atoms with E-state index < -0.39 is 0 Å². The minimum Gasteiger partial charge on any atom is -0.375 e. The van der Waals surface area contributed by atoms with Gasteiger partial charge in [0.05, 0.1) is 24.3 Å². The molecule has 0 saturated heterocycles. The van der Waals surface area contributed by atoms with Crippen LogP contribution in [0.2, 0.25) is 0 Å². The number of benzene rings is 2. The van der Waals surface area contributed by atoms with Crippen molar-refractivity contribution in [1.82, 2.24) is 19.7 Å². The molecule has 0 saturated carbocycles. The average Bonchev–Trinajstić information content (AvgIpc) is 3.29. The first-order valence-electron chi connectivity index (χ1n) is 9.13. The van der Waals surface area contributed by atoms with E-state index in [1.807, 2.05) is 24.5 Å². The number of rotatable bonds is 6. The monoisotopic (exact) mass is 374 g/mol. The van der Waals surface area contributed by atoms with Crippen LogP contribution in [0.3, 0.4) is 0 Å². The molecule has 0 spiro atoms. The summed E-state index contributed by atoms with van der Waals surface area (Å²) in [4.78, 5) is 9.11. The van der Waals surface area contributed by atoms with Crippen molar-refractivity contribution >= 4 is 0 Å². The number of methoxy groups -OCH3 is 1. The van der Waals surface area contributed by atoms with Gasteiger partial charge in [-0.25, -0.2) is 4.98 Å². The van der Waals surface area contributed by atoms with Crippen molar-refractivity contribution < 1.29 is 9.26 Å². The lowest BCUT2D eigenvalue weighted by Crippen LogP contribution is -2.03. The van der Waals surface area contributed by atoms with Gasteiger partial charge in [-0.3, -0.25) is 0 Å². The summed E-state index contributed by atoms with van der Waals surface area (Å²) in [6.07, 6.45) is 1.84. The van der Waals surface area contributed by atoms with Gasteiger partial charge in [0.25, 0.3) is 5.89 Å². The lowest BCUT2D eigenvalue weighted by molar-refractivity contribution is 0.151. The molecule has 2 heterocycles. The van der Waals surface area contributed by atoms with Crippen LogP contribution in [0.5, 0.6) is 0 Å². The van der Waals surface area contributed by atoms with Gasteiger partial charge in [0.15, 0.2) is 5.82 Å². The van der Waals surface area contributed by atoms with Crippen LogP contribution in [0.4, 0.5) is 0 Å². The Morgan fingerprint density at radius 2 is 1.75 bits per heavy atom. The third-order valence-electron chi connectivity index (χ3n) is 4.47. The fraction of sp³-hybridized carbons (Fsp3) is 0.227. The van der Waals surface area contributed by atoms with E-state index >= 15 is 0 Å². The van der Waals surface area contributed by atoms with Crippen molar-refractivity contribution in [3.8, 4) is 22.5 Å². The number of nitrogens with zero attached hydrogens (tertiary/aromatic N) is 4. The highest BCUT2D eigenvalue weighted by atomic mass is 16.5. The van der Waals surface area contributed by atoms with Crippen molar-refractivity contribution in [2.75, 3.05) is 7.11 Å². The van der Waals surface area contributed by atoms with E-state index in [-0.39, 0.29) is 0 Å². The quantitative estimate of drug-likeness (QED) is 0.500. The molecular formula is C22H22N4O2. The molecule has 28 heavy (non-hydrogen) atoms. The van der Waals surface area contributed by atoms with Crippen LogP contribution in [-0.4, -0.2) is 26.8 Å². The van der Waals surface area contributed by atoms with Gasteiger partial charge in [-0.1, -0.05) is 52.7 Å². The average molecular weight is 374 g/mol. The molecule has 0 atom stereocenters. The summed E-state index contributed by atoms with van der Waals surface area (Å²) in [5.41, 5.74) is 6.59. The van der Waals surface area contributed by atoms with Crippen molar-refractivity contribution in [2.24, 2.45) is 0 Å². The molecule has 0 unspecified atom stereocenters. The predicted octanol–water partition coefficient (Wildman–Crippen LogP) is 4.41. The molecule has 0 N–H and O–H groups in total. The summed E-state index contributed by atoms with van der Waals surface area (Å²) in [5, 5.41) is 4.07. The Bertz CT molecular complexity index is 1060. The van der Waals surface area contributed by atoms with E-state index in [0.717, 1.165) is 22.5 Å². The van der Waals surface area contributed by atoms with Crippen LogP contribution in [0, 0.1) is 13.8 Å². The van der Waals surface area contributed by atoms with Gasteiger partial charge in [0.1, 0.15) is 6.61 Å². The van der Waals surface area contributed by atoms with Crippen LogP contribution >= 0.6 is 0 Å². The first kappa shape index (κ1) is 18.1. The van der Waals surface area contributed by atoms with Crippen LogP contribution in [-0.2, 0) is 17.9 Å². The molecule has 0 aliphatic carbocycles. The number of hydrogen-bond acceptors (Lipinski definition) is 5. The second kappa shape index (κ2) is 7.78. The molecule has 6 heteroatoms. The zero-order chi connectivity index (χ0) is 19.5. The van der Waals surface area contributed by atoms with E-state index in [9.17, 15) is 0 Å². The highest BCUT2D eigenvalue weighted by Gasteiger charge is 2.17. The van der Waals surface area contributed by atoms with Gasteiger partial charge in [0, 0.05) is 18.2 Å². The Morgan fingerprint density at radius 1 is 1.00 bits per heavy atom. The fourth-order valence-corrected chi connectivity index (χ4v) is 3.41. The van der Waals surface area contributed by atoms with Gasteiger partial charge in [-0.05, 0) is 26.0 Å². The molecular weight excluding hydrogens is 352 g/mol. The van der Waals surface area contributed by atoms with E-state index in [4.69, 9.17) is 14.2 Å². The summed E-state index contributed by atoms with van der Waals surface area (Å²) < 4.78 is 12.4. The molecule has 2 aromatic carbocycles. The number of ether oxygens (including phenoxy) is 1. The lowest BCUT2D eigenvalue weighted by Gasteiger charge is -2.11. The van der Waals surface area contributed by atoms with Gasteiger partial charge < -0.3 is 13.8 Å². The van der Waals surface area contributed by atoms with Gasteiger partial charge in [-0.15, -0.1) is 0 Å². The van der Waals surface area contributed by atoms with E-state index in [2.05, 4.69) is 58.9 Å². The normalized spacial score (nSPS) is 11.1. The Hall–Kier alpha value is -3.25. The first-order valence-corrected chi connectivity index (χ1v) is 9.13. The van der Waals surface area contributed by atoms with Crippen molar-refractivity contribution in [3.63, 3.8) is 0 Å². The summed E-state index contributed by atoms with van der Waals surface area (Å²) in [6, 6.07) is 16.7. The van der Waals surface area contributed by atoms with Crippen molar-refractivity contribution in [1.29, 1.82) is 0 Å². The Balaban J connectivity index is 1.81. The predicted molar refractivity (Wildman–Crippen MR) is 107 cm³/mol. The first-order chi connectivity index (χ1) is 13.6. The zero-order valence-electron chi connectivity index (χ0n) is 16.2. The molecule has 4 rings (SSSR count). The minimum absolute atomic E-state index is 0.302. The largest absolute Gasteiger partial charge is 0.375 e. The summed E-state index contributed by atoms with van der Waals surface area (Å²) in [5.74, 6) is 1.06. The van der Waals surface area contributed by atoms with Crippen LogP contribution in [0.15, 0.2) is 59.4 Å². The number of aromatic nitrogens is 4. The summed E-state index contributed by atoms with van der Waals surface area (Å²) >= 11 is 0. The van der Waals surface area contributed by atoms with Gasteiger partial charge in [0.2, 0.25) is 0 Å². The third-order valence-corrected chi connectivity index (χ3v) is 4.47. The smallest absolute Gasteiger partial charge is 0.252 e. The molecule has 0 aliphatic rings. The van der Waals surface area contributed by atoms with Crippen LogP contribution in [0.1, 0.15) is 22.8 Å². The van der Waals surface area contributed by atoms with Gasteiger partial charge in [-0.2, -0.15) is 4.98 Å². The summed E-state index contributed by atoms with van der Waals surface area (Å²) in [7, 11) is 1.60. The molecule has 0 amide bonds. The molecule has 0 fully saturated rings. The number of hydrogen-bond donors (Lipinski definition) is 0. The molecule has 2 aromatic heterocycles. The standard InChI is InChI=1S/C22H22N4O2/c1-15-9-16(2)11-18(10-15)22-21(17-7-5-4-6-8-17)23-14-26(22)12-19-24-20(13-27-3)28-25-19/h4-11,14H,12-13H2,1-3H3. The Kier molecular flexibility index (Phi) is 5.04. The molecule has 4 aromatic rings. The van der Waals surface area contributed by atoms with E-state index in [1.165, 1.54) is 11.1 Å². The molecule has 0 bridgehead atoms. The molecule has 0 radical (unpaired) electrons. The van der Waals surface area contributed by atoms with Crippen molar-refractivity contribution in [3.05, 3.63) is 77.7 Å². The number of imidazole rings is 1. The van der Waals surface area contributed by atoms with Crippen LogP contribution < -0.4 is 0 Å². The number of aryl methyl sites for hydroxylation is 2. The second-order valence-electron chi connectivity index (χ2n) is 6.85. The maximum absolute atomic E-state index is 5.23. The highest BCUT2D eigenvalue weighted by Crippen LogP contribution is 2.32. The van der Waals surface area contributed by atoms with E-state index in [0.29, 0.717) is 24.9 Å². The Morgan fingerprint density at radius 3 is 2.46 bits per heavy atom. The van der Waals surface area contributed by atoms with E-state index in [1.54, 1.807) is 7.11 Å². The topological polar surface area (TPSA) is 66.0 Å². The van der Waals surface area contributed by atoms with Gasteiger partial charge >= 0.3 is 0 Å². The molecule has 0 aliphatic heterocycles. The molecule has 142 valence electrons. The second-order valence-corrected chi connectivity index (χ2v) is 6.85. The fourth-order valence-electron chi connectivity index (χ4n) is 3.41. The zero-order valence-corrected chi connectivity index (χ0v) is 16.2. The lowest BCUT2D eigenvalue weighted by atomic mass is 10.0. The summed E-state index contributed by atoms with van der Waals surface area (Å²) in [6.45, 7) is 4.98.